The van der Waals surface area contributed by atoms with Crippen LogP contribution in [0.15, 0.2) is 18.2 Å². The molecule has 7 heteroatoms. The van der Waals surface area contributed by atoms with Crippen molar-refractivity contribution in [3.63, 3.8) is 0 Å². The maximum atomic E-state index is 13.2. The van der Waals surface area contributed by atoms with Crippen molar-refractivity contribution >= 4 is 11.9 Å². The van der Waals surface area contributed by atoms with Gasteiger partial charge in [0.2, 0.25) is 5.91 Å². The molecule has 0 bridgehead atoms. The molecule has 1 aromatic carbocycles. The van der Waals surface area contributed by atoms with Gasteiger partial charge in [0.05, 0.1) is 6.61 Å². The third-order valence-corrected chi connectivity index (χ3v) is 5.06. The molecular formula is C17H19F2NO4. The van der Waals surface area contributed by atoms with Crippen LogP contribution in [-0.4, -0.2) is 48.2 Å². The smallest absolute Gasteiger partial charge is 0.314 e. The van der Waals surface area contributed by atoms with Gasteiger partial charge in [-0.05, 0) is 36.5 Å². The number of aliphatic carboxylic acids is 1. The Labute approximate surface area is 138 Å². The number of nitrogens with zero attached hydrogens (tertiary/aromatic N) is 1. The van der Waals surface area contributed by atoms with Gasteiger partial charge < -0.3 is 14.7 Å². The summed E-state index contributed by atoms with van der Waals surface area (Å²) in [6.07, 6.45) is 1.04. The van der Waals surface area contributed by atoms with Gasteiger partial charge in [-0.1, -0.05) is 6.07 Å². The topological polar surface area (TPSA) is 66.8 Å². The molecular weight excluding hydrogens is 320 g/mol. The predicted molar refractivity (Wildman–Crippen MR) is 80.3 cm³/mol. The Morgan fingerprint density at radius 1 is 1.33 bits per heavy atom. The van der Waals surface area contributed by atoms with Gasteiger partial charge in [-0.25, -0.2) is 8.78 Å². The summed E-state index contributed by atoms with van der Waals surface area (Å²) in [7, 11) is 0. The van der Waals surface area contributed by atoms with E-state index in [0.717, 1.165) is 12.1 Å². The largest absolute Gasteiger partial charge is 0.481 e. The first-order valence-electron chi connectivity index (χ1n) is 7.95. The molecule has 1 N–H and O–H groups in total. The molecule has 3 rings (SSSR count). The van der Waals surface area contributed by atoms with Crippen LogP contribution in [0.2, 0.25) is 0 Å². The van der Waals surface area contributed by atoms with E-state index in [1.807, 2.05) is 0 Å². The summed E-state index contributed by atoms with van der Waals surface area (Å²) < 4.78 is 31.4. The maximum absolute atomic E-state index is 13.2. The third kappa shape index (κ3) is 3.00. The normalized spacial score (nSPS) is 26.2. The van der Waals surface area contributed by atoms with Crippen LogP contribution in [0.1, 0.15) is 18.4 Å². The molecule has 2 atom stereocenters. The van der Waals surface area contributed by atoms with Crippen molar-refractivity contribution in [1.82, 2.24) is 4.90 Å². The lowest BCUT2D eigenvalue weighted by molar-refractivity contribution is -0.159. The fraction of sp³-hybridized carbons (Fsp3) is 0.529. The molecule has 130 valence electrons. The highest BCUT2D eigenvalue weighted by Gasteiger charge is 2.55. The number of carboxylic acid groups (broad SMARTS) is 1. The molecule has 24 heavy (non-hydrogen) atoms. The highest BCUT2D eigenvalue weighted by molar-refractivity contribution is 5.81. The minimum atomic E-state index is -1.02. The molecule has 2 aliphatic heterocycles. The van der Waals surface area contributed by atoms with E-state index in [2.05, 4.69) is 0 Å². The van der Waals surface area contributed by atoms with E-state index < -0.39 is 23.0 Å². The Balaban J connectivity index is 1.63. The number of benzene rings is 1. The Morgan fingerprint density at radius 2 is 2.12 bits per heavy atom. The molecule has 1 amide bonds. The van der Waals surface area contributed by atoms with Crippen LogP contribution in [0.3, 0.4) is 0 Å². The predicted octanol–water partition coefficient (Wildman–Crippen LogP) is 1.85. The van der Waals surface area contributed by atoms with Gasteiger partial charge >= 0.3 is 5.97 Å². The Kier molecular flexibility index (Phi) is 4.54. The zero-order valence-corrected chi connectivity index (χ0v) is 13.1. The second-order valence-electron chi connectivity index (χ2n) is 6.52. The molecule has 0 spiro atoms. The molecule has 0 aliphatic carbocycles. The van der Waals surface area contributed by atoms with Crippen LogP contribution in [0.25, 0.3) is 0 Å². The number of carboxylic acids is 1. The molecule has 0 aromatic heterocycles. The average Bonchev–Trinajstić information content (AvgIpc) is 2.97. The van der Waals surface area contributed by atoms with E-state index in [1.54, 1.807) is 4.90 Å². The monoisotopic (exact) mass is 339 g/mol. The first-order chi connectivity index (χ1) is 11.4. The van der Waals surface area contributed by atoms with Crippen LogP contribution in [-0.2, 0) is 20.7 Å². The summed E-state index contributed by atoms with van der Waals surface area (Å²) in [4.78, 5) is 25.6. The number of aryl methyl sites for hydroxylation is 1. The number of amides is 1. The Hall–Kier alpha value is -2.02. The number of halogens is 2. The first-order valence-corrected chi connectivity index (χ1v) is 7.95. The van der Waals surface area contributed by atoms with Crippen LogP contribution in [0.4, 0.5) is 8.78 Å². The summed E-state index contributed by atoms with van der Waals surface area (Å²) in [6.45, 7) is 1.19. The molecule has 2 fully saturated rings. The van der Waals surface area contributed by atoms with E-state index >= 15 is 0 Å². The zero-order valence-electron chi connectivity index (χ0n) is 13.1. The van der Waals surface area contributed by atoms with Crippen molar-refractivity contribution < 1.29 is 28.2 Å². The van der Waals surface area contributed by atoms with E-state index in [4.69, 9.17) is 4.74 Å². The summed E-state index contributed by atoms with van der Waals surface area (Å²) in [5.74, 6) is -3.06. The standard InChI is InChI=1S/C17H19F2NO4/c18-13-3-1-11(7-14(13)19)2-4-15(21)20-8-12-5-6-24-10-17(12,9-20)16(22)23/h1,3,7,12H,2,4-6,8-10H2,(H,22,23)/t12-,17+/m0/s1. The Morgan fingerprint density at radius 3 is 2.79 bits per heavy atom. The second-order valence-corrected chi connectivity index (χ2v) is 6.52. The summed E-state index contributed by atoms with van der Waals surface area (Å²) in [6, 6.07) is 3.57. The Bertz CT molecular complexity index is 666. The van der Waals surface area contributed by atoms with E-state index in [1.165, 1.54) is 6.07 Å². The van der Waals surface area contributed by atoms with Gasteiger partial charge in [0.1, 0.15) is 5.41 Å². The highest BCUT2D eigenvalue weighted by atomic mass is 19.2. The molecule has 2 aliphatic rings. The van der Waals surface area contributed by atoms with Gasteiger partial charge in [0, 0.05) is 26.1 Å². The van der Waals surface area contributed by atoms with Gasteiger partial charge in [0.25, 0.3) is 0 Å². The van der Waals surface area contributed by atoms with Crippen LogP contribution >= 0.6 is 0 Å². The summed E-state index contributed by atoms with van der Waals surface area (Å²) in [5, 5.41) is 9.57. The lowest BCUT2D eigenvalue weighted by Gasteiger charge is -2.33. The van der Waals surface area contributed by atoms with Gasteiger partial charge in [-0.2, -0.15) is 0 Å². The number of hydrogen-bond acceptors (Lipinski definition) is 3. The number of ether oxygens (including phenoxy) is 1. The lowest BCUT2D eigenvalue weighted by atomic mass is 9.76. The second kappa shape index (κ2) is 6.47. The van der Waals surface area contributed by atoms with Crippen LogP contribution in [0.5, 0.6) is 0 Å². The molecule has 0 radical (unpaired) electrons. The van der Waals surface area contributed by atoms with Gasteiger partial charge in [0.15, 0.2) is 11.6 Å². The third-order valence-electron chi connectivity index (χ3n) is 5.06. The average molecular weight is 339 g/mol. The number of fused-ring (bicyclic) bond motifs is 1. The van der Waals surface area contributed by atoms with Crippen molar-refractivity contribution in [1.29, 1.82) is 0 Å². The number of rotatable bonds is 4. The number of hydrogen-bond donors (Lipinski definition) is 1. The van der Waals surface area contributed by atoms with E-state index in [0.29, 0.717) is 25.1 Å². The molecule has 1 aromatic rings. The van der Waals surface area contributed by atoms with Gasteiger partial charge in [-0.3, -0.25) is 9.59 Å². The molecule has 0 saturated carbocycles. The highest BCUT2D eigenvalue weighted by Crippen LogP contribution is 2.41. The van der Waals surface area contributed by atoms with Crippen molar-refractivity contribution in [3.8, 4) is 0 Å². The van der Waals surface area contributed by atoms with E-state index in [-0.39, 0.29) is 37.8 Å². The summed E-state index contributed by atoms with van der Waals surface area (Å²) >= 11 is 0. The number of likely N-dealkylation sites (tertiary alicyclic amines) is 1. The van der Waals surface area contributed by atoms with Crippen molar-refractivity contribution in [3.05, 3.63) is 35.4 Å². The molecule has 2 saturated heterocycles. The number of carbonyl (C=O) groups is 2. The van der Waals surface area contributed by atoms with Crippen LogP contribution < -0.4 is 0 Å². The minimum absolute atomic E-state index is 0.101. The first kappa shape index (κ1) is 16.8. The lowest BCUT2D eigenvalue weighted by Crippen LogP contribution is -2.46. The van der Waals surface area contributed by atoms with Gasteiger partial charge in [-0.15, -0.1) is 0 Å². The quantitative estimate of drug-likeness (QED) is 0.909. The summed E-state index contributed by atoms with van der Waals surface area (Å²) in [5.41, 5.74) is -0.481. The SMILES string of the molecule is O=C(CCc1ccc(F)c(F)c1)N1C[C@@H]2CCOC[C@]2(C(=O)O)C1. The molecule has 0 unspecified atom stereocenters. The van der Waals surface area contributed by atoms with Crippen molar-refractivity contribution in [2.45, 2.75) is 19.3 Å². The van der Waals surface area contributed by atoms with Crippen LogP contribution in [0, 0.1) is 23.0 Å². The number of carbonyl (C=O) groups excluding carboxylic acids is 1. The van der Waals surface area contributed by atoms with E-state index in [9.17, 15) is 23.5 Å². The maximum Gasteiger partial charge on any atom is 0.314 e. The fourth-order valence-electron chi connectivity index (χ4n) is 3.58. The fourth-order valence-corrected chi connectivity index (χ4v) is 3.58. The van der Waals surface area contributed by atoms with Crippen molar-refractivity contribution in [2.24, 2.45) is 11.3 Å². The van der Waals surface area contributed by atoms with Crippen molar-refractivity contribution in [2.75, 3.05) is 26.3 Å². The zero-order chi connectivity index (χ0) is 17.3. The minimum Gasteiger partial charge on any atom is -0.481 e. The molecule has 5 nitrogen and oxygen atoms in total. The molecule has 2 heterocycles.